The summed E-state index contributed by atoms with van der Waals surface area (Å²) < 4.78 is 25.8. The van der Waals surface area contributed by atoms with Gasteiger partial charge in [-0.3, -0.25) is 0 Å². The lowest BCUT2D eigenvalue weighted by atomic mass is 9.96. The second kappa shape index (κ2) is 4.91. The van der Waals surface area contributed by atoms with Gasteiger partial charge >= 0.3 is 0 Å². The zero-order chi connectivity index (χ0) is 12.3. The van der Waals surface area contributed by atoms with Crippen LogP contribution in [0, 0.1) is 17.0 Å². The Morgan fingerprint density at radius 1 is 1.19 bits per heavy atom. The fourth-order valence-corrected chi connectivity index (χ4v) is 1.36. The molecule has 0 spiro atoms. The molecule has 1 aromatic carbocycles. The van der Waals surface area contributed by atoms with Gasteiger partial charge in [-0.1, -0.05) is 26.8 Å². The molecule has 90 valence electrons. The van der Waals surface area contributed by atoms with Crippen molar-refractivity contribution in [2.24, 2.45) is 5.41 Å². The molecule has 1 nitrogen and oxygen atoms in total. The van der Waals surface area contributed by atoms with Gasteiger partial charge in [0.1, 0.15) is 0 Å². The first kappa shape index (κ1) is 13.1. The Bertz CT molecular complexity index is 355. The summed E-state index contributed by atoms with van der Waals surface area (Å²) >= 11 is 0. The van der Waals surface area contributed by atoms with Gasteiger partial charge in [0.15, 0.2) is 11.6 Å². The van der Waals surface area contributed by atoms with Crippen LogP contribution >= 0.6 is 0 Å². The Hall–Kier alpha value is -0.960. The van der Waals surface area contributed by atoms with E-state index < -0.39 is 11.6 Å². The number of nitrogens with one attached hydrogen (secondary N) is 1. The second-order valence-corrected chi connectivity index (χ2v) is 5.34. The van der Waals surface area contributed by atoms with Crippen LogP contribution in [0.1, 0.15) is 39.3 Å². The Labute approximate surface area is 95.9 Å². The zero-order valence-corrected chi connectivity index (χ0v) is 10.3. The maximum atomic E-state index is 13.0. The number of benzene rings is 1. The van der Waals surface area contributed by atoms with E-state index in [2.05, 4.69) is 26.1 Å². The third-order valence-corrected chi connectivity index (χ3v) is 2.38. The number of hydrogen-bond donors (Lipinski definition) is 1. The van der Waals surface area contributed by atoms with Crippen molar-refractivity contribution < 1.29 is 8.78 Å². The molecule has 1 unspecified atom stereocenters. The molecule has 1 rings (SSSR count). The van der Waals surface area contributed by atoms with E-state index in [9.17, 15) is 8.78 Å². The molecule has 0 saturated heterocycles. The van der Waals surface area contributed by atoms with Crippen molar-refractivity contribution in [1.29, 1.82) is 0 Å². The largest absolute Gasteiger partial charge is 0.310 e. The average molecular weight is 227 g/mol. The van der Waals surface area contributed by atoms with E-state index in [-0.39, 0.29) is 11.5 Å². The summed E-state index contributed by atoms with van der Waals surface area (Å²) in [5.41, 5.74) is 0.940. The van der Waals surface area contributed by atoms with Crippen LogP contribution in [-0.2, 0) is 0 Å². The second-order valence-electron chi connectivity index (χ2n) is 5.34. The minimum absolute atomic E-state index is 0.0225. The summed E-state index contributed by atoms with van der Waals surface area (Å²) in [5.74, 6) is -1.59. The van der Waals surface area contributed by atoms with Gasteiger partial charge < -0.3 is 5.32 Å². The molecule has 0 aliphatic carbocycles. The quantitative estimate of drug-likeness (QED) is 0.831. The molecular weight excluding hydrogens is 208 g/mol. The molecule has 16 heavy (non-hydrogen) atoms. The number of hydrogen-bond acceptors (Lipinski definition) is 1. The molecule has 0 aliphatic heterocycles. The lowest BCUT2D eigenvalue weighted by Crippen LogP contribution is -2.29. The van der Waals surface area contributed by atoms with E-state index in [1.807, 2.05) is 6.92 Å². The van der Waals surface area contributed by atoms with Crippen LogP contribution < -0.4 is 5.32 Å². The van der Waals surface area contributed by atoms with Crippen LogP contribution in [0.15, 0.2) is 18.2 Å². The topological polar surface area (TPSA) is 12.0 Å². The van der Waals surface area contributed by atoms with Crippen molar-refractivity contribution in [2.45, 2.75) is 33.7 Å². The van der Waals surface area contributed by atoms with Gasteiger partial charge in [-0.05, 0) is 30.0 Å². The van der Waals surface area contributed by atoms with Crippen LogP contribution in [0.2, 0.25) is 0 Å². The van der Waals surface area contributed by atoms with Gasteiger partial charge in [-0.2, -0.15) is 0 Å². The van der Waals surface area contributed by atoms with Crippen molar-refractivity contribution in [3.05, 3.63) is 35.4 Å². The standard InChI is InChI=1S/C13H19F2N/c1-9(16-8-13(2,3)4)10-5-6-11(14)12(15)7-10/h5-7,9,16H,8H2,1-4H3. The average Bonchev–Trinajstić information content (AvgIpc) is 2.17. The molecule has 0 aliphatic rings. The van der Waals surface area contributed by atoms with Crippen molar-refractivity contribution in [1.82, 2.24) is 5.32 Å². The lowest BCUT2D eigenvalue weighted by molar-refractivity contribution is 0.359. The normalized spacial score (nSPS) is 13.9. The van der Waals surface area contributed by atoms with Crippen molar-refractivity contribution in [3.8, 4) is 0 Å². The molecule has 0 radical (unpaired) electrons. The fraction of sp³-hybridized carbons (Fsp3) is 0.538. The van der Waals surface area contributed by atoms with Crippen LogP contribution in [0.4, 0.5) is 8.78 Å². The highest BCUT2D eigenvalue weighted by Gasteiger charge is 2.13. The molecule has 1 N–H and O–H groups in total. The first-order valence-electron chi connectivity index (χ1n) is 5.48. The van der Waals surface area contributed by atoms with Gasteiger partial charge in [0.2, 0.25) is 0 Å². The van der Waals surface area contributed by atoms with E-state index in [4.69, 9.17) is 0 Å². The molecule has 0 bridgehead atoms. The van der Waals surface area contributed by atoms with Gasteiger partial charge in [0, 0.05) is 12.6 Å². The highest BCUT2D eigenvalue weighted by molar-refractivity contribution is 5.20. The Balaban J connectivity index is 2.66. The summed E-state index contributed by atoms with van der Waals surface area (Å²) in [6.07, 6.45) is 0. The predicted molar refractivity (Wildman–Crippen MR) is 62.2 cm³/mol. The zero-order valence-electron chi connectivity index (χ0n) is 10.3. The summed E-state index contributed by atoms with van der Waals surface area (Å²) in [5, 5.41) is 3.30. The molecule has 0 amide bonds. The number of rotatable bonds is 3. The third kappa shape index (κ3) is 3.89. The van der Waals surface area contributed by atoms with E-state index in [0.717, 1.165) is 12.1 Å². The van der Waals surface area contributed by atoms with Gasteiger partial charge in [-0.25, -0.2) is 8.78 Å². The molecule has 0 aromatic heterocycles. The summed E-state index contributed by atoms with van der Waals surface area (Å²) in [6.45, 7) is 9.14. The first-order chi connectivity index (χ1) is 7.29. The molecule has 3 heteroatoms. The van der Waals surface area contributed by atoms with Crippen LogP contribution in [0.25, 0.3) is 0 Å². The van der Waals surface area contributed by atoms with Crippen molar-refractivity contribution >= 4 is 0 Å². The highest BCUT2D eigenvalue weighted by Crippen LogP contribution is 2.18. The minimum Gasteiger partial charge on any atom is -0.310 e. The number of halogens is 2. The third-order valence-electron chi connectivity index (χ3n) is 2.38. The predicted octanol–water partition coefficient (Wildman–Crippen LogP) is 3.66. The summed E-state index contributed by atoms with van der Waals surface area (Å²) in [4.78, 5) is 0. The van der Waals surface area contributed by atoms with Crippen LogP contribution in [-0.4, -0.2) is 6.54 Å². The molecule has 1 aromatic rings. The van der Waals surface area contributed by atoms with Gasteiger partial charge in [-0.15, -0.1) is 0 Å². The SMILES string of the molecule is CC(NCC(C)(C)C)c1ccc(F)c(F)c1. The Kier molecular flexibility index (Phi) is 4.03. The van der Waals surface area contributed by atoms with Crippen molar-refractivity contribution in [3.63, 3.8) is 0 Å². The van der Waals surface area contributed by atoms with E-state index in [0.29, 0.717) is 0 Å². The molecule has 1 atom stereocenters. The minimum atomic E-state index is -0.799. The molecule has 0 saturated carbocycles. The summed E-state index contributed by atoms with van der Waals surface area (Å²) in [6, 6.07) is 4.04. The van der Waals surface area contributed by atoms with Gasteiger partial charge in [0.05, 0.1) is 0 Å². The van der Waals surface area contributed by atoms with E-state index in [1.165, 1.54) is 12.1 Å². The van der Waals surface area contributed by atoms with Crippen molar-refractivity contribution in [2.75, 3.05) is 6.54 Å². The lowest BCUT2D eigenvalue weighted by Gasteiger charge is -2.23. The highest BCUT2D eigenvalue weighted by atomic mass is 19.2. The first-order valence-corrected chi connectivity index (χ1v) is 5.48. The van der Waals surface area contributed by atoms with Crippen LogP contribution in [0.3, 0.4) is 0 Å². The molecule has 0 fully saturated rings. The molecular formula is C13H19F2N. The van der Waals surface area contributed by atoms with Crippen LogP contribution in [0.5, 0.6) is 0 Å². The van der Waals surface area contributed by atoms with E-state index in [1.54, 1.807) is 6.07 Å². The maximum Gasteiger partial charge on any atom is 0.159 e. The van der Waals surface area contributed by atoms with E-state index >= 15 is 0 Å². The maximum absolute atomic E-state index is 13.0. The fourth-order valence-electron chi connectivity index (χ4n) is 1.36. The summed E-state index contributed by atoms with van der Waals surface area (Å²) in [7, 11) is 0. The Morgan fingerprint density at radius 2 is 1.81 bits per heavy atom. The monoisotopic (exact) mass is 227 g/mol. The van der Waals surface area contributed by atoms with Gasteiger partial charge in [0.25, 0.3) is 0 Å². The molecule has 0 heterocycles. The smallest absolute Gasteiger partial charge is 0.159 e. The Morgan fingerprint density at radius 3 is 2.31 bits per heavy atom.